The van der Waals surface area contributed by atoms with Crippen LogP contribution in [-0.2, 0) is 7.05 Å². The molecular weight excluding hydrogens is 382 g/mol. The molecule has 3 rings (SSSR count). The summed E-state index contributed by atoms with van der Waals surface area (Å²) in [7, 11) is 3.39. The number of aryl methyl sites for hydroxylation is 2. The fourth-order valence-electron chi connectivity index (χ4n) is 2.71. The number of ether oxygens (including phenoxy) is 1. The van der Waals surface area contributed by atoms with Crippen molar-refractivity contribution in [3.05, 3.63) is 64.3 Å². The molecule has 0 unspecified atom stereocenters. The van der Waals surface area contributed by atoms with Crippen molar-refractivity contribution in [1.29, 1.82) is 0 Å². The van der Waals surface area contributed by atoms with E-state index in [0.29, 0.717) is 17.1 Å². The van der Waals surface area contributed by atoms with Gasteiger partial charge < -0.3 is 10.1 Å². The van der Waals surface area contributed by atoms with Crippen LogP contribution in [0.1, 0.15) is 16.1 Å². The maximum atomic E-state index is 12.7. The molecule has 2 aromatic carbocycles. The molecule has 0 spiro atoms. The van der Waals surface area contributed by atoms with Crippen LogP contribution >= 0.6 is 15.9 Å². The van der Waals surface area contributed by atoms with E-state index in [4.69, 9.17) is 4.74 Å². The van der Waals surface area contributed by atoms with Crippen LogP contribution in [0.2, 0.25) is 0 Å². The average Bonchev–Trinajstić information content (AvgIpc) is 2.89. The van der Waals surface area contributed by atoms with Gasteiger partial charge >= 0.3 is 0 Å². The van der Waals surface area contributed by atoms with Gasteiger partial charge in [0, 0.05) is 22.6 Å². The third-order valence-electron chi connectivity index (χ3n) is 3.92. The first kappa shape index (κ1) is 17.2. The van der Waals surface area contributed by atoms with Crippen molar-refractivity contribution in [3.63, 3.8) is 0 Å². The van der Waals surface area contributed by atoms with Gasteiger partial charge in [0.2, 0.25) is 0 Å². The predicted octanol–water partition coefficient (Wildman–Crippen LogP) is 4.42. The minimum atomic E-state index is -0.208. The van der Waals surface area contributed by atoms with Crippen molar-refractivity contribution in [2.45, 2.75) is 6.92 Å². The maximum absolute atomic E-state index is 12.7. The number of methoxy groups -OCH3 is 1. The van der Waals surface area contributed by atoms with E-state index in [1.807, 2.05) is 38.2 Å². The van der Waals surface area contributed by atoms with E-state index in [1.165, 1.54) is 0 Å². The van der Waals surface area contributed by atoms with E-state index >= 15 is 0 Å². The highest BCUT2D eigenvalue weighted by atomic mass is 79.9. The molecule has 1 N–H and O–H groups in total. The molecule has 1 amide bonds. The zero-order chi connectivity index (χ0) is 18.0. The highest BCUT2D eigenvalue weighted by molar-refractivity contribution is 9.10. The molecule has 0 saturated heterocycles. The summed E-state index contributed by atoms with van der Waals surface area (Å²) >= 11 is 3.44. The van der Waals surface area contributed by atoms with Gasteiger partial charge in [0.15, 0.2) is 0 Å². The number of amides is 1. The lowest BCUT2D eigenvalue weighted by Gasteiger charge is -2.10. The number of halogens is 1. The van der Waals surface area contributed by atoms with E-state index in [-0.39, 0.29) is 5.91 Å². The van der Waals surface area contributed by atoms with Gasteiger partial charge in [-0.2, -0.15) is 5.10 Å². The molecule has 0 saturated carbocycles. The van der Waals surface area contributed by atoms with Gasteiger partial charge in [-0.1, -0.05) is 34.1 Å². The summed E-state index contributed by atoms with van der Waals surface area (Å²) < 4.78 is 7.87. The van der Waals surface area contributed by atoms with Gasteiger partial charge in [0.25, 0.3) is 5.91 Å². The van der Waals surface area contributed by atoms with Crippen LogP contribution in [0, 0.1) is 6.92 Å². The van der Waals surface area contributed by atoms with Crippen LogP contribution in [0.25, 0.3) is 11.1 Å². The smallest absolute Gasteiger partial charge is 0.256 e. The largest absolute Gasteiger partial charge is 0.497 e. The minimum absolute atomic E-state index is 0.208. The molecule has 25 heavy (non-hydrogen) atoms. The van der Waals surface area contributed by atoms with E-state index in [1.54, 1.807) is 36.1 Å². The molecule has 0 aliphatic rings. The number of aromatic nitrogens is 2. The van der Waals surface area contributed by atoms with Gasteiger partial charge in [-0.15, -0.1) is 0 Å². The maximum Gasteiger partial charge on any atom is 0.256 e. The fraction of sp³-hybridized carbons (Fsp3) is 0.158. The SMILES string of the molecule is COc1cccc(C(=O)Nc2c(-c3ccc(Br)cc3)c(C)nn2C)c1. The number of anilines is 1. The third-order valence-corrected chi connectivity index (χ3v) is 4.45. The summed E-state index contributed by atoms with van der Waals surface area (Å²) in [6.07, 6.45) is 0. The number of nitrogens with zero attached hydrogens (tertiary/aromatic N) is 2. The number of benzene rings is 2. The lowest BCUT2D eigenvalue weighted by Crippen LogP contribution is -2.15. The van der Waals surface area contributed by atoms with Gasteiger partial charge in [-0.05, 0) is 42.8 Å². The molecule has 0 aliphatic heterocycles. The standard InChI is InChI=1S/C19H18BrN3O2/c1-12-17(13-7-9-15(20)10-8-13)18(23(2)22-12)21-19(24)14-5-4-6-16(11-14)25-3/h4-11H,1-3H3,(H,21,24). The normalized spacial score (nSPS) is 10.6. The molecule has 1 aromatic heterocycles. The Bertz CT molecular complexity index is 917. The van der Waals surface area contributed by atoms with Crippen molar-refractivity contribution in [1.82, 2.24) is 9.78 Å². The van der Waals surface area contributed by atoms with Crippen LogP contribution in [-0.4, -0.2) is 22.8 Å². The summed E-state index contributed by atoms with van der Waals surface area (Å²) in [5.41, 5.74) is 3.28. The van der Waals surface area contributed by atoms with E-state index in [9.17, 15) is 4.79 Å². The molecular formula is C19H18BrN3O2. The van der Waals surface area contributed by atoms with Gasteiger partial charge in [-0.3, -0.25) is 9.48 Å². The number of nitrogens with one attached hydrogen (secondary N) is 1. The Morgan fingerprint density at radius 1 is 1.20 bits per heavy atom. The lowest BCUT2D eigenvalue weighted by atomic mass is 10.1. The molecule has 1 heterocycles. The van der Waals surface area contributed by atoms with E-state index in [0.717, 1.165) is 21.3 Å². The predicted molar refractivity (Wildman–Crippen MR) is 102 cm³/mol. The van der Waals surface area contributed by atoms with Gasteiger partial charge in [0.1, 0.15) is 11.6 Å². The second-order valence-corrected chi connectivity index (χ2v) is 6.54. The summed E-state index contributed by atoms with van der Waals surface area (Å²) in [6, 6.07) is 15.0. The third kappa shape index (κ3) is 3.58. The highest BCUT2D eigenvalue weighted by Crippen LogP contribution is 2.32. The molecule has 6 heteroatoms. The Morgan fingerprint density at radius 2 is 1.92 bits per heavy atom. The monoisotopic (exact) mass is 399 g/mol. The van der Waals surface area contributed by atoms with Crippen molar-refractivity contribution in [3.8, 4) is 16.9 Å². The summed E-state index contributed by atoms with van der Waals surface area (Å²) in [5.74, 6) is 1.09. The van der Waals surface area contributed by atoms with Gasteiger partial charge in [0.05, 0.1) is 12.8 Å². The second kappa shape index (κ2) is 7.11. The first-order valence-corrected chi connectivity index (χ1v) is 8.54. The number of carbonyl (C=O) groups excluding carboxylic acids is 1. The zero-order valence-electron chi connectivity index (χ0n) is 14.2. The number of hydrogen-bond acceptors (Lipinski definition) is 3. The first-order valence-electron chi connectivity index (χ1n) is 7.74. The molecule has 0 atom stereocenters. The van der Waals surface area contributed by atoms with E-state index < -0.39 is 0 Å². The second-order valence-electron chi connectivity index (χ2n) is 5.63. The first-order chi connectivity index (χ1) is 12.0. The minimum Gasteiger partial charge on any atom is -0.497 e. The van der Waals surface area contributed by atoms with E-state index in [2.05, 4.69) is 26.3 Å². The Labute approximate surface area is 154 Å². The zero-order valence-corrected chi connectivity index (χ0v) is 15.8. The van der Waals surface area contributed by atoms with Crippen molar-refractivity contribution in [2.75, 3.05) is 12.4 Å². The Morgan fingerprint density at radius 3 is 2.60 bits per heavy atom. The van der Waals surface area contributed by atoms with Crippen molar-refractivity contribution in [2.24, 2.45) is 7.05 Å². The van der Waals surface area contributed by atoms with Crippen LogP contribution in [0.15, 0.2) is 53.0 Å². The molecule has 0 radical (unpaired) electrons. The van der Waals surface area contributed by atoms with Crippen LogP contribution in [0.4, 0.5) is 5.82 Å². The molecule has 5 nitrogen and oxygen atoms in total. The number of rotatable bonds is 4. The fourth-order valence-corrected chi connectivity index (χ4v) is 2.97. The highest BCUT2D eigenvalue weighted by Gasteiger charge is 2.18. The molecule has 0 bridgehead atoms. The molecule has 128 valence electrons. The summed E-state index contributed by atoms with van der Waals surface area (Å²) in [6.45, 7) is 1.93. The van der Waals surface area contributed by atoms with Crippen molar-refractivity contribution >= 4 is 27.7 Å². The number of hydrogen-bond donors (Lipinski definition) is 1. The lowest BCUT2D eigenvalue weighted by molar-refractivity contribution is 0.102. The Hall–Kier alpha value is -2.60. The van der Waals surface area contributed by atoms with Gasteiger partial charge in [-0.25, -0.2) is 0 Å². The van der Waals surface area contributed by atoms with Crippen LogP contribution < -0.4 is 10.1 Å². The summed E-state index contributed by atoms with van der Waals surface area (Å²) in [5, 5.41) is 7.43. The molecule has 3 aromatic rings. The Balaban J connectivity index is 1.97. The molecule has 0 aliphatic carbocycles. The quantitative estimate of drug-likeness (QED) is 0.706. The number of carbonyl (C=O) groups is 1. The topological polar surface area (TPSA) is 56.1 Å². The summed E-state index contributed by atoms with van der Waals surface area (Å²) in [4.78, 5) is 12.7. The van der Waals surface area contributed by atoms with Crippen molar-refractivity contribution < 1.29 is 9.53 Å². The Kier molecular flexibility index (Phi) is 4.90. The molecule has 0 fully saturated rings. The van der Waals surface area contributed by atoms with Crippen LogP contribution in [0.5, 0.6) is 5.75 Å². The average molecular weight is 400 g/mol. The van der Waals surface area contributed by atoms with Crippen LogP contribution in [0.3, 0.4) is 0 Å².